The lowest BCUT2D eigenvalue weighted by Gasteiger charge is -2.14. The molecule has 0 fully saturated rings. The zero-order valence-corrected chi connectivity index (χ0v) is 23.0. The van der Waals surface area contributed by atoms with Crippen molar-refractivity contribution in [2.24, 2.45) is 0 Å². The highest BCUT2D eigenvalue weighted by molar-refractivity contribution is 5.73. The van der Waals surface area contributed by atoms with Crippen molar-refractivity contribution in [1.29, 1.82) is 0 Å². The van der Waals surface area contributed by atoms with Crippen LogP contribution in [-0.2, 0) is 13.0 Å². The quantitative estimate of drug-likeness (QED) is 0.250. The third kappa shape index (κ3) is 6.24. The van der Waals surface area contributed by atoms with Crippen LogP contribution >= 0.6 is 0 Å². The van der Waals surface area contributed by atoms with Gasteiger partial charge in [-0.05, 0) is 53.4 Å². The summed E-state index contributed by atoms with van der Waals surface area (Å²) in [6.45, 7) is 13.6. The molecule has 0 saturated heterocycles. The number of nitrogens with one attached hydrogen (secondary N) is 1. The van der Waals surface area contributed by atoms with E-state index in [-0.39, 0.29) is 11.5 Å². The molecule has 4 aromatic heterocycles. The summed E-state index contributed by atoms with van der Waals surface area (Å²) in [6.07, 6.45) is 16.5. The summed E-state index contributed by atoms with van der Waals surface area (Å²) in [5, 5.41) is 0. The van der Waals surface area contributed by atoms with Gasteiger partial charge in [0.05, 0.1) is 12.4 Å². The predicted octanol–water partition coefficient (Wildman–Crippen LogP) is 6.10. The van der Waals surface area contributed by atoms with Crippen LogP contribution in [0.4, 0.5) is 0 Å². The molecule has 37 heavy (non-hydrogen) atoms. The van der Waals surface area contributed by atoms with Crippen molar-refractivity contribution in [2.45, 2.75) is 92.0 Å². The van der Waals surface area contributed by atoms with E-state index in [2.05, 4.69) is 78.2 Å². The lowest BCUT2D eigenvalue weighted by molar-refractivity contribution is 0.567. The van der Waals surface area contributed by atoms with Crippen LogP contribution in [0.15, 0.2) is 52.9 Å². The molecule has 0 aliphatic rings. The third-order valence-electron chi connectivity index (χ3n) is 6.81. The van der Waals surface area contributed by atoms with Gasteiger partial charge in [-0.2, -0.15) is 0 Å². The molecule has 2 atom stereocenters. The average Bonchev–Trinajstić information content (AvgIpc) is 3.50. The molecule has 0 aromatic carbocycles. The van der Waals surface area contributed by atoms with E-state index in [0.29, 0.717) is 29.0 Å². The van der Waals surface area contributed by atoms with Crippen molar-refractivity contribution in [2.75, 3.05) is 0 Å². The fourth-order valence-electron chi connectivity index (χ4n) is 4.73. The summed E-state index contributed by atoms with van der Waals surface area (Å²) >= 11 is 0. The number of imidazole rings is 2. The van der Waals surface area contributed by atoms with Crippen LogP contribution < -0.4 is 5.56 Å². The van der Waals surface area contributed by atoms with E-state index >= 15 is 0 Å². The molecule has 0 aliphatic heterocycles. The Morgan fingerprint density at radius 2 is 1.62 bits per heavy atom. The first kappa shape index (κ1) is 26.5. The molecule has 8 nitrogen and oxygen atoms in total. The molecule has 196 valence electrons. The topological polar surface area (TPSA) is 93.8 Å². The lowest BCUT2D eigenvalue weighted by atomic mass is 10.0. The number of allylic oxidation sites excluding steroid dienone is 4. The minimum absolute atomic E-state index is 0.177. The van der Waals surface area contributed by atoms with Crippen molar-refractivity contribution in [3.8, 4) is 0 Å². The Balaban J connectivity index is 1.58. The number of rotatable bonds is 11. The molecule has 0 aliphatic carbocycles. The zero-order chi connectivity index (χ0) is 26.5. The first-order valence-electron chi connectivity index (χ1n) is 13.3. The second kappa shape index (κ2) is 11.7. The summed E-state index contributed by atoms with van der Waals surface area (Å²) < 4.78 is 4.12. The van der Waals surface area contributed by atoms with Gasteiger partial charge in [0.2, 0.25) is 0 Å². The van der Waals surface area contributed by atoms with E-state index in [1.807, 2.05) is 16.8 Å². The molecule has 1 N–H and O–H groups in total. The Labute approximate surface area is 218 Å². The summed E-state index contributed by atoms with van der Waals surface area (Å²) in [5.74, 6) is 3.24. The third-order valence-corrected chi connectivity index (χ3v) is 6.81. The summed E-state index contributed by atoms with van der Waals surface area (Å²) in [6, 6.07) is 0. The highest BCUT2D eigenvalue weighted by atomic mass is 16.1. The van der Waals surface area contributed by atoms with Gasteiger partial charge >= 0.3 is 0 Å². The first-order valence-corrected chi connectivity index (χ1v) is 13.3. The Kier molecular flexibility index (Phi) is 8.36. The fourth-order valence-corrected chi connectivity index (χ4v) is 4.73. The van der Waals surface area contributed by atoms with Gasteiger partial charge in [-0.15, -0.1) is 0 Å². The largest absolute Gasteiger partial charge is 0.334 e. The number of aromatic nitrogens is 7. The van der Waals surface area contributed by atoms with Gasteiger partial charge in [-0.25, -0.2) is 19.9 Å². The van der Waals surface area contributed by atoms with Crippen molar-refractivity contribution in [3.63, 3.8) is 0 Å². The molecule has 0 saturated carbocycles. The molecular weight excluding hydrogens is 462 g/mol. The minimum atomic E-state index is -0.177. The molecule has 4 heterocycles. The van der Waals surface area contributed by atoms with E-state index in [4.69, 9.17) is 4.98 Å². The molecule has 4 rings (SSSR count). The van der Waals surface area contributed by atoms with Crippen LogP contribution in [0.25, 0.3) is 16.7 Å². The van der Waals surface area contributed by atoms with Gasteiger partial charge in [-0.1, -0.05) is 37.1 Å². The molecule has 0 amide bonds. The molecule has 0 radical (unpaired) electrons. The minimum Gasteiger partial charge on any atom is -0.334 e. The van der Waals surface area contributed by atoms with Gasteiger partial charge in [0.25, 0.3) is 5.56 Å². The number of aromatic amines is 1. The summed E-state index contributed by atoms with van der Waals surface area (Å²) in [5.41, 5.74) is 4.31. The van der Waals surface area contributed by atoms with Crippen LogP contribution in [0.3, 0.4) is 0 Å². The summed E-state index contributed by atoms with van der Waals surface area (Å²) in [4.78, 5) is 34.4. The highest BCUT2D eigenvalue weighted by Crippen LogP contribution is 2.23. The Morgan fingerprint density at radius 1 is 0.946 bits per heavy atom. The van der Waals surface area contributed by atoms with Crippen LogP contribution in [0.5, 0.6) is 0 Å². The normalized spacial score (nSPS) is 13.1. The second-order valence-electron chi connectivity index (χ2n) is 10.6. The molecule has 0 spiro atoms. The van der Waals surface area contributed by atoms with E-state index < -0.39 is 0 Å². The number of H-pyrrole nitrogens is 1. The maximum Gasteiger partial charge on any atom is 0.274 e. The molecule has 8 heteroatoms. The standard InChI is InChI=1S/C29H39N7O/c1-19(2)9-7-11-21(5)26-30-14-16-35(26)15-13-25-31-17-23-28(34-25)36-24(29(37)33-23)18-32-27(36)22(6)12-8-10-20(3)4/h9-10,14,16-18,21-22H,7-8,11-13,15H2,1-6H3,(H,33,37). The predicted molar refractivity (Wildman–Crippen MR) is 149 cm³/mol. The van der Waals surface area contributed by atoms with Gasteiger partial charge < -0.3 is 9.55 Å². The number of nitrogens with zero attached hydrogens (tertiary/aromatic N) is 6. The van der Waals surface area contributed by atoms with Crippen molar-refractivity contribution < 1.29 is 0 Å². The molecule has 4 aromatic rings. The van der Waals surface area contributed by atoms with E-state index in [9.17, 15) is 4.79 Å². The van der Waals surface area contributed by atoms with Crippen LogP contribution in [-0.4, -0.2) is 33.9 Å². The molecule has 2 unspecified atom stereocenters. The fraction of sp³-hybridized carbons (Fsp3) is 0.483. The van der Waals surface area contributed by atoms with Gasteiger partial charge in [0, 0.05) is 37.2 Å². The van der Waals surface area contributed by atoms with Crippen LogP contribution in [0, 0.1) is 0 Å². The number of fused-ring (bicyclic) bond motifs is 3. The van der Waals surface area contributed by atoms with Crippen molar-refractivity contribution in [3.05, 3.63) is 75.9 Å². The van der Waals surface area contributed by atoms with Crippen LogP contribution in [0.1, 0.15) is 96.5 Å². The smallest absolute Gasteiger partial charge is 0.274 e. The second-order valence-corrected chi connectivity index (χ2v) is 10.6. The summed E-state index contributed by atoms with van der Waals surface area (Å²) in [7, 11) is 0. The van der Waals surface area contributed by atoms with E-state index in [0.717, 1.165) is 49.7 Å². The molecule has 0 bridgehead atoms. The van der Waals surface area contributed by atoms with Gasteiger partial charge in [-0.3, -0.25) is 9.20 Å². The van der Waals surface area contributed by atoms with E-state index in [1.165, 1.54) is 11.1 Å². The number of hydrogen-bond donors (Lipinski definition) is 1. The van der Waals surface area contributed by atoms with Crippen molar-refractivity contribution in [1.82, 2.24) is 33.9 Å². The number of hydrogen-bond acceptors (Lipinski definition) is 5. The molecular formula is C29H39N7O. The Bertz CT molecular complexity index is 1480. The van der Waals surface area contributed by atoms with Gasteiger partial charge in [0.15, 0.2) is 5.65 Å². The van der Waals surface area contributed by atoms with Gasteiger partial charge in [0.1, 0.15) is 28.5 Å². The lowest BCUT2D eigenvalue weighted by Crippen LogP contribution is -2.15. The Hall–Kier alpha value is -3.55. The SMILES string of the molecule is CC(C)=CCCC(C)c1nccn1CCc1ncc2[nH]c(=O)c3cnc(C(C)CCC=C(C)C)n3c2n1. The zero-order valence-electron chi connectivity index (χ0n) is 23.0. The van der Waals surface area contributed by atoms with E-state index in [1.54, 1.807) is 12.4 Å². The first-order chi connectivity index (χ1) is 17.7. The number of aryl methyl sites for hydroxylation is 2. The maximum absolute atomic E-state index is 12.7. The average molecular weight is 502 g/mol. The maximum atomic E-state index is 12.7. The van der Waals surface area contributed by atoms with Crippen molar-refractivity contribution >= 4 is 16.7 Å². The monoisotopic (exact) mass is 501 g/mol. The Morgan fingerprint density at radius 3 is 2.30 bits per heavy atom. The van der Waals surface area contributed by atoms with Crippen LogP contribution in [0.2, 0.25) is 0 Å². The highest BCUT2D eigenvalue weighted by Gasteiger charge is 2.18.